The summed E-state index contributed by atoms with van der Waals surface area (Å²) in [5.74, 6) is -1.63. The Balaban J connectivity index is 4.60. The number of hydrogen-bond donors (Lipinski definition) is 1. The van der Waals surface area contributed by atoms with E-state index < -0.39 is 18.1 Å². The van der Waals surface area contributed by atoms with Gasteiger partial charge in [-0.15, -0.1) is 0 Å². The molecule has 8 nitrogen and oxygen atoms in total. The van der Waals surface area contributed by atoms with Crippen LogP contribution in [0.5, 0.6) is 0 Å². The number of carbonyl (C=O) groups excluding carboxylic acids is 2. The molecule has 0 spiro atoms. The van der Waals surface area contributed by atoms with E-state index in [1.807, 2.05) is 88.0 Å². The molecule has 0 rings (SSSR count). The van der Waals surface area contributed by atoms with Gasteiger partial charge in [0.15, 0.2) is 12.1 Å². The van der Waals surface area contributed by atoms with Crippen molar-refractivity contribution in [2.75, 3.05) is 41.0 Å². The third-order valence-electron chi connectivity index (χ3n) is 8.39. The number of ether oxygens (including phenoxy) is 3. The van der Waals surface area contributed by atoms with Gasteiger partial charge in [0.05, 0.1) is 34.4 Å². The second kappa shape index (κ2) is 36.2. The van der Waals surface area contributed by atoms with E-state index in [9.17, 15) is 19.5 Å². The minimum absolute atomic E-state index is 0.0188. The van der Waals surface area contributed by atoms with Crippen molar-refractivity contribution >= 4 is 17.9 Å². The Morgan fingerprint density at radius 1 is 0.593 bits per heavy atom. The van der Waals surface area contributed by atoms with Gasteiger partial charge in [-0.25, -0.2) is 4.79 Å². The Hall–Kier alpha value is -3.75. The number of carbonyl (C=O) groups is 3. The van der Waals surface area contributed by atoms with E-state index >= 15 is 0 Å². The molecule has 0 amide bonds. The van der Waals surface area contributed by atoms with E-state index in [1.165, 1.54) is 38.5 Å². The molecule has 0 radical (unpaired) electrons. The summed E-state index contributed by atoms with van der Waals surface area (Å²) >= 11 is 0. The summed E-state index contributed by atoms with van der Waals surface area (Å²) in [4.78, 5) is 36.8. The molecule has 0 bridgehead atoms. The number of nitrogens with zero attached hydrogens (tertiary/aromatic N) is 1. The molecule has 54 heavy (non-hydrogen) atoms. The van der Waals surface area contributed by atoms with E-state index in [0.29, 0.717) is 19.3 Å². The maximum Gasteiger partial charge on any atom is 0.362 e. The molecule has 0 aliphatic rings. The van der Waals surface area contributed by atoms with Crippen molar-refractivity contribution < 1.29 is 38.2 Å². The van der Waals surface area contributed by atoms with Crippen LogP contribution in [0.2, 0.25) is 0 Å². The number of carboxylic acids is 1. The van der Waals surface area contributed by atoms with E-state index in [0.717, 1.165) is 38.5 Å². The van der Waals surface area contributed by atoms with Crippen LogP contribution in [0.1, 0.15) is 123 Å². The number of aliphatic carboxylic acids is 1. The molecule has 0 fully saturated rings. The zero-order chi connectivity index (χ0) is 40.0. The van der Waals surface area contributed by atoms with Gasteiger partial charge in [0.1, 0.15) is 6.61 Å². The molecule has 0 aliphatic heterocycles. The van der Waals surface area contributed by atoms with Crippen LogP contribution >= 0.6 is 0 Å². The highest BCUT2D eigenvalue weighted by Gasteiger charge is 2.31. The Kier molecular flexibility index (Phi) is 33.7. The first kappa shape index (κ1) is 50.2. The lowest BCUT2D eigenvalue weighted by atomic mass is 10.1. The highest BCUT2D eigenvalue weighted by Crippen LogP contribution is 2.11. The number of carboxylic acid groups (broad SMARTS) is 1. The first-order valence-corrected chi connectivity index (χ1v) is 20.4. The molecule has 304 valence electrons. The Morgan fingerprint density at radius 3 is 1.76 bits per heavy atom. The summed E-state index contributed by atoms with van der Waals surface area (Å²) in [5, 5.41) is 9.60. The molecule has 0 aromatic rings. The highest BCUT2D eigenvalue weighted by molar-refractivity contribution is 5.72. The number of esters is 2. The van der Waals surface area contributed by atoms with Crippen molar-refractivity contribution in [2.45, 2.75) is 135 Å². The molecule has 2 atom stereocenters. The second-order valence-corrected chi connectivity index (χ2v) is 14.3. The van der Waals surface area contributed by atoms with Gasteiger partial charge in [0.25, 0.3) is 0 Å². The number of hydrogen-bond acceptors (Lipinski definition) is 6. The maximum atomic E-state index is 12.7. The van der Waals surface area contributed by atoms with Gasteiger partial charge in [0, 0.05) is 19.3 Å². The Morgan fingerprint density at radius 2 is 1.15 bits per heavy atom. The van der Waals surface area contributed by atoms with Crippen LogP contribution in [0.4, 0.5) is 0 Å². The lowest BCUT2D eigenvalue weighted by Crippen LogP contribution is -2.50. The van der Waals surface area contributed by atoms with E-state index in [1.54, 1.807) is 0 Å². The molecule has 1 N–H and O–H groups in total. The van der Waals surface area contributed by atoms with E-state index in [2.05, 4.69) is 44.2 Å². The third kappa shape index (κ3) is 34.0. The van der Waals surface area contributed by atoms with Gasteiger partial charge < -0.3 is 23.8 Å². The van der Waals surface area contributed by atoms with E-state index in [4.69, 9.17) is 14.2 Å². The van der Waals surface area contributed by atoms with Crippen LogP contribution in [0, 0.1) is 0 Å². The fraction of sp³-hybridized carbons (Fsp3) is 0.587. The van der Waals surface area contributed by atoms with Gasteiger partial charge in [-0.1, -0.05) is 150 Å². The van der Waals surface area contributed by atoms with Crippen molar-refractivity contribution in [1.29, 1.82) is 0 Å². The molecule has 0 saturated carbocycles. The van der Waals surface area contributed by atoms with Gasteiger partial charge in [-0.05, 0) is 51.4 Å². The first-order valence-electron chi connectivity index (χ1n) is 20.4. The van der Waals surface area contributed by atoms with Gasteiger partial charge >= 0.3 is 17.9 Å². The number of quaternary nitrogens is 1. The average molecular weight is 753 g/mol. The largest absolute Gasteiger partial charge is 0.477 e. The first-order chi connectivity index (χ1) is 26.1. The SMILES string of the molecule is CC/C=C/C=C/C=C/C=C/C=C/C=C/CCCCCC(=O)OC(COCCC(C(=O)O)[N+](C)(C)C)COC(=O)CC/C=C/C/C=C/CCCCCCCC. The molecule has 2 unspecified atom stereocenters. The highest BCUT2D eigenvalue weighted by atomic mass is 16.6. The minimum Gasteiger partial charge on any atom is -0.477 e. The van der Waals surface area contributed by atoms with Crippen molar-refractivity contribution in [3.8, 4) is 0 Å². The fourth-order valence-corrected chi connectivity index (χ4v) is 5.23. The van der Waals surface area contributed by atoms with Crippen molar-refractivity contribution in [2.24, 2.45) is 0 Å². The van der Waals surface area contributed by atoms with E-state index in [-0.39, 0.29) is 49.1 Å². The third-order valence-corrected chi connectivity index (χ3v) is 8.39. The molecule has 0 saturated heterocycles. The zero-order valence-corrected chi connectivity index (χ0v) is 34.4. The second-order valence-electron chi connectivity index (χ2n) is 14.3. The molecule has 0 aromatic heterocycles. The maximum absolute atomic E-state index is 12.7. The van der Waals surface area contributed by atoms with Crippen molar-refractivity contribution in [3.05, 3.63) is 97.2 Å². The van der Waals surface area contributed by atoms with Crippen LogP contribution in [0.15, 0.2) is 97.2 Å². The molecule has 8 heteroatoms. The van der Waals surface area contributed by atoms with Crippen molar-refractivity contribution in [1.82, 2.24) is 0 Å². The number of allylic oxidation sites excluding steroid dienone is 16. The summed E-state index contributed by atoms with van der Waals surface area (Å²) in [7, 11) is 5.47. The summed E-state index contributed by atoms with van der Waals surface area (Å²) in [6.45, 7) is 4.43. The van der Waals surface area contributed by atoms with Gasteiger partial charge in [-0.3, -0.25) is 9.59 Å². The molecule has 0 heterocycles. The number of likely N-dealkylation sites (N-methyl/N-ethyl adjacent to an activating group) is 1. The molecule has 0 aromatic carbocycles. The lowest BCUT2D eigenvalue weighted by Gasteiger charge is -2.31. The lowest BCUT2D eigenvalue weighted by molar-refractivity contribution is -0.887. The fourth-order valence-electron chi connectivity index (χ4n) is 5.23. The van der Waals surface area contributed by atoms with Crippen LogP contribution in [0.3, 0.4) is 0 Å². The quantitative estimate of drug-likeness (QED) is 0.0230. The Bertz CT molecular complexity index is 1200. The monoisotopic (exact) mass is 753 g/mol. The van der Waals surface area contributed by atoms with Crippen molar-refractivity contribution in [3.63, 3.8) is 0 Å². The van der Waals surface area contributed by atoms with Gasteiger partial charge in [0.2, 0.25) is 0 Å². The Labute approximate surface area is 328 Å². The molecular weight excluding hydrogens is 679 g/mol. The summed E-state index contributed by atoms with van der Waals surface area (Å²) in [6.07, 6.45) is 47.5. The standard InChI is InChI=1S/C46H73NO7/c1-6-8-10-12-14-16-18-20-21-22-23-25-27-29-31-33-35-37-45(49)54-42(40-52-39-38-43(46(50)51)47(3,4)5)41-53-44(48)36-34-32-30-28-26-24-19-17-15-13-11-9-7-2/h8,10,12,14,16,18,20-27,30,32,42-43H,6-7,9,11,13,15,17,19,28-29,31,33-41H2,1-5H3/p+1/b10-8+,14-12+,18-16+,21-20+,23-22+,26-24+,27-25+,32-30+. The molecule has 0 aliphatic carbocycles. The topological polar surface area (TPSA) is 99.1 Å². The summed E-state index contributed by atoms with van der Waals surface area (Å²) in [6, 6.07) is -0.636. The van der Waals surface area contributed by atoms with Gasteiger partial charge in [-0.2, -0.15) is 0 Å². The number of unbranched alkanes of at least 4 members (excludes halogenated alkanes) is 9. The van der Waals surface area contributed by atoms with Crippen LogP contribution < -0.4 is 0 Å². The molecular formula is C46H74NO7+. The minimum atomic E-state index is -0.895. The predicted molar refractivity (Wildman–Crippen MR) is 224 cm³/mol. The average Bonchev–Trinajstić information content (AvgIpc) is 3.12. The smallest absolute Gasteiger partial charge is 0.362 e. The van der Waals surface area contributed by atoms with Crippen LogP contribution in [0.25, 0.3) is 0 Å². The zero-order valence-electron chi connectivity index (χ0n) is 34.4. The summed E-state index contributed by atoms with van der Waals surface area (Å²) in [5.41, 5.74) is 0. The van der Waals surface area contributed by atoms with Crippen LogP contribution in [-0.2, 0) is 28.6 Å². The number of rotatable bonds is 34. The summed E-state index contributed by atoms with van der Waals surface area (Å²) < 4.78 is 17.1. The normalized spacial score (nSPS) is 14.0. The van der Waals surface area contributed by atoms with Crippen LogP contribution in [-0.4, -0.2) is 80.6 Å². The predicted octanol–water partition coefficient (Wildman–Crippen LogP) is 10.7.